The Morgan fingerprint density at radius 3 is 1.57 bits per heavy atom. The Labute approximate surface area is 337 Å². The molecule has 4 amide bonds. The third-order valence-electron chi connectivity index (χ3n) is 11.2. The van der Waals surface area contributed by atoms with E-state index in [0.29, 0.717) is 18.9 Å². The number of nitrogens with zero attached hydrogens (tertiary/aromatic N) is 5. The standard InChI is InChI=1S/C43H51N9O6/c1-24(2)36(49-42(55)57-5)40(53)51-17-7-9-34(51)38-45-22-32(47-38)29-14-12-26-19-28(13-11-27(26)20-29)31-16-15-30(21-44-31)33-23-46-39(48-33)35-10-8-18-52(35)41(54)37(25(3)4)50-43(56)58-6/h11-16,19-25,34-37H,7-10,17-18H2,1-6H3,(H,45,47)(H,46,48)(H,49,55)(H,50,56)/t34-,35+,36-,37+/m0/s1. The molecular weight excluding hydrogens is 739 g/mol. The normalized spacial score (nSPS) is 17.8. The number of hydrogen-bond donors (Lipinski definition) is 4. The van der Waals surface area contributed by atoms with Gasteiger partial charge in [0.1, 0.15) is 23.7 Å². The summed E-state index contributed by atoms with van der Waals surface area (Å²) >= 11 is 0. The molecule has 2 fully saturated rings. The number of aromatic nitrogens is 5. The minimum Gasteiger partial charge on any atom is -0.453 e. The van der Waals surface area contributed by atoms with E-state index in [1.165, 1.54) is 14.2 Å². The number of imidazole rings is 2. The fourth-order valence-electron chi connectivity index (χ4n) is 7.99. The molecule has 4 N–H and O–H groups in total. The molecule has 58 heavy (non-hydrogen) atoms. The molecule has 304 valence electrons. The van der Waals surface area contributed by atoms with Gasteiger partial charge in [0.2, 0.25) is 11.8 Å². The van der Waals surface area contributed by atoms with E-state index in [1.807, 2.05) is 57.1 Å². The van der Waals surface area contributed by atoms with Crippen molar-refractivity contribution in [3.63, 3.8) is 0 Å². The van der Waals surface area contributed by atoms with Gasteiger partial charge in [0.05, 0.1) is 55.8 Å². The van der Waals surface area contributed by atoms with Crippen LogP contribution < -0.4 is 10.6 Å². The smallest absolute Gasteiger partial charge is 0.407 e. The molecule has 2 saturated heterocycles. The van der Waals surface area contributed by atoms with Gasteiger partial charge in [0, 0.05) is 36.0 Å². The number of aromatic amines is 2. The lowest BCUT2D eigenvalue weighted by Gasteiger charge is -2.30. The van der Waals surface area contributed by atoms with Gasteiger partial charge in [-0.25, -0.2) is 19.6 Å². The lowest BCUT2D eigenvalue weighted by molar-refractivity contribution is -0.136. The van der Waals surface area contributed by atoms with Gasteiger partial charge in [-0.2, -0.15) is 0 Å². The first-order chi connectivity index (χ1) is 27.9. The van der Waals surface area contributed by atoms with E-state index in [1.54, 1.807) is 11.1 Å². The van der Waals surface area contributed by atoms with Crippen LogP contribution in [-0.4, -0.2) is 98.1 Å². The van der Waals surface area contributed by atoms with Crippen molar-refractivity contribution in [1.82, 2.24) is 45.4 Å². The zero-order chi connectivity index (χ0) is 41.1. The molecule has 0 bridgehead atoms. The number of methoxy groups -OCH3 is 2. The Kier molecular flexibility index (Phi) is 11.8. The van der Waals surface area contributed by atoms with Crippen molar-refractivity contribution in [2.45, 2.75) is 77.5 Å². The first-order valence-corrected chi connectivity index (χ1v) is 19.9. The molecule has 0 unspecified atom stereocenters. The number of carbonyl (C=O) groups is 4. The SMILES string of the molecule is COC(=O)N[C@H](C(=O)N1CCC[C@H]1c1ncc(-c2ccc3cc(-c4ccc(-c5cnc([C@H]6CCCN6C(=O)[C@H](NC(=O)OC)C(C)C)[nH]5)cn4)ccc3c2)[nH]1)C(C)C. The van der Waals surface area contributed by atoms with Gasteiger partial charge in [-0.15, -0.1) is 0 Å². The highest BCUT2D eigenvalue weighted by atomic mass is 16.5. The number of likely N-dealkylation sites (tertiary alicyclic amines) is 2. The molecule has 3 aromatic heterocycles. The summed E-state index contributed by atoms with van der Waals surface area (Å²) in [7, 11) is 2.58. The van der Waals surface area contributed by atoms with Gasteiger partial charge in [-0.3, -0.25) is 14.6 Å². The second kappa shape index (κ2) is 17.1. The summed E-state index contributed by atoms with van der Waals surface area (Å²) in [6.07, 6.45) is 7.37. The number of alkyl carbamates (subject to hydrolysis) is 2. The molecule has 5 heterocycles. The van der Waals surface area contributed by atoms with Gasteiger partial charge in [-0.1, -0.05) is 52.0 Å². The fourth-order valence-corrected chi connectivity index (χ4v) is 7.99. The number of amides is 4. The number of hydrogen-bond acceptors (Lipinski definition) is 9. The molecule has 15 heteroatoms. The van der Waals surface area contributed by atoms with E-state index in [-0.39, 0.29) is 35.7 Å². The van der Waals surface area contributed by atoms with Gasteiger partial charge >= 0.3 is 12.2 Å². The van der Waals surface area contributed by atoms with Crippen LogP contribution in [0.3, 0.4) is 0 Å². The van der Waals surface area contributed by atoms with Crippen LogP contribution in [0.15, 0.2) is 67.1 Å². The first-order valence-electron chi connectivity index (χ1n) is 19.9. The lowest BCUT2D eigenvalue weighted by Crippen LogP contribution is -2.51. The maximum Gasteiger partial charge on any atom is 0.407 e. The third-order valence-corrected chi connectivity index (χ3v) is 11.2. The Bertz CT molecular complexity index is 2280. The van der Waals surface area contributed by atoms with Gasteiger partial charge in [-0.05, 0) is 72.6 Å². The van der Waals surface area contributed by atoms with E-state index in [2.05, 4.69) is 62.0 Å². The number of nitrogens with one attached hydrogen (secondary N) is 4. The predicted molar refractivity (Wildman–Crippen MR) is 218 cm³/mol. The van der Waals surface area contributed by atoms with Crippen molar-refractivity contribution in [2.24, 2.45) is 11.8 Å². The molecule has 4 atom stereocenters. The van der Waals surface area contributed by atoms with E-state index in [4.69, 9.17) is 19.4 Å². The molecule has 2 aromatic carbocycles. The summed E-state index contributed by atoms with van der Waals surface area (Å²) < 4.78 is 9.52. The maximum atomic E-state index is 13.6. The fraction of sp³-hybridized carbons (Fsp3) is 0.419. The molecule has 15 nitrogen and oxygen atoms in total. The van der Waals surface area contributed by atoms with Crippen LogP contribution >= 0.6 is 0 Å². The van der Waals surface area contributed by atoms with Crippen molar-refractivity contribution < 1.29 is 28.7 Å². The van der Waals surface area contributed by atoms with Crippen LogP contribution in [0, 0.1) is 11.8 Å². The van der Waals surface area contributed by atoms with Crippen molar-refractivity contribution in [3.8, 4) is 33.8 Å². The zero-order valence-corrected chi connectivity index (χ0v) is 33.7. The maximum absolute atomic E-state index is 13.6. The largest absolute Gasteiger partial charge is 0.453 e. The molecule has 7 rings (SSSR count). The predicted octanol–water partition coefficient (Wildman–Crippen LogP) is 6.77. The van der Waals surface area contributed by atoms with Crippen LogP contribution in [0.5, 0.6) is 0 Å². The molecule has 0 radical (unpaired) electrons. The van der Waals surface area contributed by atoms with Crippen molar-refractivity contribution in [1.29, 1.82) is 0 Å². The second-order valence-electron chi connectivity index (χ2n) is 15.7. The number of rotatable bonds is 11. The van der Waals surface area contributed by atoms with Gasteiger partial charge in [0.15, 0.2) is 0 Å². The molecule has 0 saturated carbocycles. The minimum absolute atomic E-state index is 0.109. The van der Waals surface area contributed by atoms with Gasteiger partial charge in [0.25, 0.3) is 0 Å². The average Bonchev–Trinajstić information content (AvgIpc) is 4.07. The highest BCUT2D eigenvalue weighted by Gasteiger charge is 2.39. The molecule has 2 aliphatic rings. The number of fused-ring (bicyclic) bond motifs is 1. The molecule has 2 aliphatic heterocycles. The Balaban J connectivity index is 1.02. The summed E-state index contributed by atoms with van der Waals surface area (Å²) in [5, 5.41) is 7.51. The summed E-state index contributed by atoms with van der Waals surface area (Å²) in [6.45, 7) is 8.77. The van der Waals surface area contributed by atoms with Crippen molar-refractivity contribution in [3.05, 3.63) is 78.8 Å². The van der Waals surface area contributed by atoms with E-state index >= 15 is 0 Å². The Hall–Kier alpha value is -6.25. The highest BCUT2D eigenvalue weighted by Crippen LogP contribution is 2.35. The first kappa shape index (κ1) is 40.0. The average molecular weight is 790 g/mol. The van der Waals surface area contributed by atoms with Crippen LogP contribution in [0.2, 0.25) is 0 Å². The Morgan fingerprint density at radius 2 is 1.10 bits per heavy atom. The number of ether oxygens (including phenoxy) is 2. The second-order valence-corrected chi connectivity index (χ2v) is 15.7. The minimum atomic E-state index is -0.697. The highest BCUT2D eigenvalue weighted by molar-refractivity contribution is 5.90. The number of benzene rings is 2. The van der Waals surface area contributed by atoms with Crippen LogP contribution in [-0.2, 0) is 19.1 Å². The summed E-state index contributed by atoms with van der Waals surface area (Å²) in [5.41, 5.74) is 5.32. The topological polar surface area (TPSA) is 188 Å². The number of pyridine rings is 1. The molecular formula is C43H51N9O6. The quantitative estimate of drug-likeness (QED) is 0.112. The third kappa shape index (κ3) is 8.25. The van der Waals surface area contributed by atoms with Crippen LogP contribution in [0.25, 0.3) is 44.5 Å². The van der Waals surface area contributed by atoms with Crippen molar-refractivity contribution in [2.75, 3.05) is 27.3 Å². The van der Waals surface area contributed by atoms with E-state index < -0.39 is 24.3 Å². The van der Waals surface area contributed by atoms with E-state index in [9.17, 15) is 19.2 Å². The summed E-state index contributed by atoms with van der Waals surface area (Å²) in [6, 6.07) is 14.7. The molecule has 0 aliphatic carbocycles. The van der Waals surface area contributed by atoms with Gasteiger partial charge < -0.3 is 39.9 Å². The zero-order valence-electron chi connectivity index (χ0n) is 33.7. The van der Waals surface area contributed by atoms with Crippen molar-refractivity contribution >= 4 is 34.8 Å². The molecule has 0 spiro atoms. The lowest BCUT2D eigenvalue weighted by atomic mass is 10.0. The van der Waals surface area contributed by atoms with Crippen LogP contribution in [0.1, 0.15) is 77.1 Å². The Morgan fingerprint density at radius 1 is 0.638 bits per heavy atom. The summed E-state index contributed by atoms with van der Waals surface area (Å²) in [5.74, 6) is 0.906. The summed E-state index contributed by atoms with van der Waals surface area (Å²) in [4.78, 5) is 75.7. The molecule has 5 aromatic rings. The van der Waals surface area contributed by atoms with E-state index in [0.717, 1.165) is 76.1 Å². The number of H-pyrrole nitrogens is 2. The number of carbonyl (C=O) groups excluding carboxylic acids is 4. The monoisotopic (exact) mass is 789 g/mol. The van der Waals surface area contributed by atoms with Crippen LogP contribution in [0.4, 0.5) is 9.59 Å².